The number of hydrogen-bond donors (Lipinski definition) is 0. The molecule has 5 nitrogen and oxygen atoms in total. The molecule has 0 radical (unpaired) electrons. The molecule has 0 aromatic rings. The first-order chi connectivity index (χ1) is 8.06. The molecule has 94 valence electrons. The largest absolute Gasteiger partial charge is 0.440 e. The molecule has 0 saturated carbocycles. The van der Waals surface area contributed by atoms with Crippen LogP contribution in [0.5, 0.6) is 0 Å². The summed E-state index contributed by atoms with van der Waals surface area (Å²) in [5.74, 6) is -0.352. The van der Waals surface area contributed by atoms with Gasteiger partial charge in [-0.2, -0.15) is 0 Å². The number of aliphatic imine (C=N–C) groups is 1. The van der Waals surface area contributed by atoms with Gasteiger partial charge in [-0.05, 0) is 25.5 Å². The number of nitrogens with zero attached hydrogens (tertiary/aromatic N) is 2. The van der Waals surface area contributed by atoms with Crippen molar-refractivity contribution in [1.29, 1.82) is 0 Å². The molecular formula is C12H18N2O3. The summed E-state index contributed by atoms with van der Waals surface area (Å²) >= 11 is 0. The first-order valence-electron chi connectivity index (χ1n) is 6.04. The highest BCUT2D eigenvalue weighted by molar-refractivity contribution is 5.90. The Hall–Kier alpha value is -1.39. The first-order valence-corrected chi connectivity index (χ1v) is 6.04. The fraction of sp³-hybridized carbons (Fsp3) is 0.750. The Balaban J connectivity index is 2.31. The monoisotopic (exact) mass is 238 g/mol. The van der Waals surface area contributed by atoms with Gasteiger partial charge in [0.2, 0.25) is 0 Å². The van der Waals surface area contributed by atoms with E-state index in [1.807, 2.05) is 13.8 Å². The molecule has 2 fully saturated rings. The zero-order valence-electron chi connectivity index (χ0n) is 10.3. The number of amides is 1. The number of ether oxygens (including phenoxy) is 1. The van der Waals surface area contributed by atoms with Gasteiger partial charge in [0.15, 0.2) is 6.23 Å². The summed E-state index contributed by atoms with van der Waals surface area (Å²) in [6.07, 6.45) is 1.83. The maximum atomic E-state index is 12.3. The summed E-state index contributed by atoms with van der Waals surface area (Å²) in [6.45, 7) is 7.30. The van der Waals surface area contributed by atoms with E-state index in [1.54, 1.807) is 4.90 Å². The Morgan fingerprint density at radius 3 is 2.71 bits per heavy atom. The highest BCUT2D eigenvalue weighted by Gasteiger charge is 2.48. The summed E-state index contributed by atoms with van der Waals surface area (Å²) in [6, 6.07) is -0.884. The van der Waals surface area contributed by atoms with Gasteiger partial charge >= 0.3 is 5.97 Å². The molecule has 2 saturated heterocycles. The molecule has 3 atom stereocenters. The van der Waals surface area contributed by atoms with Crippen LogP contribution in [-0.2, 0) is 14.3 Å². The van der Waals surface area contributed by atoms with Gasteiger partial charge in [0, 0.05) is 6.42 Å². The Morgan fingerprint density at radius 1 is 1.41 bits per heavy atom. The van der Waals surface area contributed by atoms with Gasteiger partial charge in [-0.15, -0.1) is 0 Å². The third-order valence-electron chi connectivity index (χ3n) is 3.42. The van der Waals surface area contributed by atoms with Crippen molar-refractivity contribution in [3.8, 4) is 0 Å². The number of carbonyl (C=O) groups excluding carboxylic acids is 2. The van der Waals surface area contributed by atoms with E-state index in [9.17, 15) is 9.59 Å². The lowest BCUT2D eigenvalue weighted by Gasteiger charge is -2.27. The normalized spacial score (nSPS) is 33.4. The van der Waals surface area contributed by atoms with Crippen molar-refractivity contribution in [2.45, 2.75) is 51.4 Å². The lowest BCUT2D eigenvalue weighted by atomic mass is 10.0. The summed E-state index contributed by atoms with van der Waals surface area (Å²) in [5.41, 5.74) is 0. The number of carbonyl (C=O) groups is 2. The van der Waals surface area contributed by atoms with Crippen LogP contribution in [0.2, 0.25) is 0 Å². The van der Waals surface area contributed by atoms with Gasteiger partial charge in [-0.1, -0.05) is 13.8 Å². The molecule has 2 heterocycles. The summed E-state index contributed by atoms with van der Waals surface area (Å²) in [5, 5.41) is 0. The van der Waals surface area contributed by atoms with E-state index in [0.29, 0.717) is 12.8 Å². The van der Waals surface area contributed by atoms with Gasteiger partial charge < -0.3 is 4.74 Å². The van der Waals surface area contributed by atoms with Crippen LogP contribution >= 0.6 is 0 Å². The quantitative estimate of drug-likeness (QED) is 0.532. The van der Waals surface area contributed by atoms with Crippen LogP contribution < -0.4 is 0 Å². The zero-order chi connectivity index (χ0) is 12.6. The van der Waals surface area contributed by atoms with Crippen molar-refractivity contribution in [3.05, 3.63) is 0 Å². The van der Waals surface area contributed by atoms with Crippen LogP contribution in [0.4, 0.5) is 0 Å². The third kappa shape index (κ3) is 1.94. The second-order valence-corrected chi connectivity index (χ2v) is 4.96. The SMILES string of the molecule is C=N[C@H]1CCC[C@H]2OC(=O)[C@H](C(C)C)N2C1=O. The number of hydrogen-bond acceptors (Lipinski definition) is 4. The maximum absolute atomic E-state index is 12.3. The number of esters is 1. The Morgan fingerprint density at radius 2 is 2.12 bits per heavy atom. The number of fused-ring (bicyclic) bond motifs is 1. The smallest absolute Gasteiger partial charge is 0.331 e. The van der Waals surface area contributed by atoms with Gasteiger partial charge in [0.05, 0.1) is 0 Å². The summed E-state index contributed by atoms with van der Waals surface area (Å²) in [4.78, 5) is 29.5. The average Bonchev–Trinajstić information content (AvgIpc) is 2.53. The van der Waals surface area contributed by atoms with Crippen molar-refractivity contribution in [2.75, 3.05) is 0 Å². The lowest BCUT2D eigenvalue weighted by Crippen LogP contribution is -2.47. The predicted molar refractivity (Wildman–Crippen MR) is 62.5 cm³/mol. The van der Waals surface area contributed by atoms with Crippen molar-refractivity contribution < 1.29 is 14.3 Å². The molecule has 5 heteroatoms. The molecule has 0 aromatic carbocycles. The van der Waals surface area contributed by atoms with E-state index >= 15 is 0 Å². The predicted octanol–water partition coefficient (Wildman–Crippen LogP) is 0.976. The third-order valence-corrected chi connectivity index (χ3v) is 3.42. The lowest BCUT2D eigenvalue weighted by molar-refractivity contribution is -0.143. The molecule has 1 amide bonds. The molecule has 2 aliphatic rings. The van der Waals surface area contributed by atoms with Crippen LogP contribution in [0.1, 0.15) is 33.1 Å². The van der Waals surface area contributed by atoms with E-state index in [-0.39, 0.29) is 17.8 Å². The maximum Gasteiger partial charge on any atom is 0.331 e. The van der Waals surface area contributed by atoms with Crippen molar-refractivity contribution in [2.24, 2.45) is 10.9 Å². The van der Waals surface area contributed by atoms with Crippen LogP contribution in [0.3, 0.4) is 0 Å². The molecule has 0 bridgehead atoms. The van der Waals surface area contributed by atoms with E-state index in [4.69, 9.17) is 4.74 Å². The molecule has 0 aromatic heterocycles. The van der Waals surface area contributed by atoms with E-state index in [2.05, 4.69) is 11.7 Å². The van der Waals surface area contributed by atoms with E-state index < -0.39 is 18.3 Å². The first kappa shape index (κ1) is 12.1. The van der Waals surface area contributed by atoms with Crippen molar-refractivity contribution in [1.82, 2.24) is 4.90 Å². The van der Waals surface area contributed by atoms with Crippen LogP contribution in [0.25, 0.3) is 0 Å². The molecule has 17 heavy (non-hydrogen) atoms. The van der Waals surface area contributed by atoms with Crippen LogP contribution in [-0.4, -0.2) is 41.8 Å². The number of rotatable bonds is 2. The molecule has 0 N–H and O–H groups in total. The van der Waals surface area contributed by atoms with Gasteiger partial charge in [-0.25, -0.2) is 4.79 Å². The fourth-order valence-corrected chi connectivity index (χ4v) is 2.57. The Bertz CT molecular complexity index is 354. The highest BCUT2D eigenvalue weighted by Crippen LogP contribution is 2.31. The van der Waals surface area contributed by atoms with E-state index in [1.165, 1.54) is 0 Å². The van der Waals surface area contributed by atoms with Gasteiger partial charge in [0.1, 0.15) is 12.1 Å². The molecule has 2 rings (SSSR count). The zero-order valence-corrected chi connectivity index (χ0v) is 10.3. The topological polar surface area (TPSA) is 59.0 Å². The van der Waals surface area contributed by atoms with Gasteiger partial charge in [-0.3, -0.25) is 14.7 Å². The van der Waals surface area contributed by atoms with Crippen molar-refractivity contribution >= 4 is 18.6 Å². The molecular weight excluding hydrogens is 220 g/mol. The van der Waals surface area contributed by atoms with Crippen molar-refractivity contribution in [3.63, 3.8) is 0 Å². The molecule has 2 aliphatic heterocycles. The fourth-order valence-electron chi connectivity index (χ4n) is 2.57. The van der Waals surface area contributed by atoms with Crippen LogP contribution in [0, 0.1) is 5.92 Å². The minimum Gasteiger partial charge on any atom is -0.440 e. The molecule has 0 unspecified atom stereocenters. The highest BCUT2D eigenvalue weighted by atomic mass is 16.6. The van der Waals surface area contributed by atoms with E-state index in [0.717, 1.165) is 6.42 Å². The second-order valence-electron chi connectivity index (χ2n) is 4.96. The minimum absolute atomic E-state index is 0.0556. The Kier molecular flexibility index (Phi) is 3.17. The minimum atomic E-state index is -0.463. The standard InChI is InChI=1S/C12H18N2O3/c1-7(2)10-12(16)17-9-6-4-5-8(13-3)11(15)14(9)10/h7-10H,3-6H2,1-2H3/t8-,9+,10-/m0/s1. The summed E-state index contributed by atoms with van der Waals surface area (Å²) in [7, 11) is 0. The molecule has 0 spiro atoms. The Labute approximate surface area is 101 Å². The average molecular weight is 238 g/mol. The summed E-state index contributed by atoms with van der Waals surface area (Å²) < 4.78 is 5.29. The van der Waals surface area contributed by atoms with Gasteiger partial charge in [0.25, 0.3) is 5.91 Å². The second kappa shape index (κ2) is 4.47. The molecule has 0 aliphatic carbocycles. The van der Waals surface area contributed by atoms with Crippen LogP contribution in [0.15, 0.2) is 4.99 Å².